The molecule has 1 aromatic carbocycles. The SMILES string of the molecule is CCCCOCc1cc(C=CC(=O)O)ccc1OC. The molecule has 19 heavy (non-hydrogen) atoms. The average molecular weight is 264 g/mol. The molecule has 0 saturated carbocycles. The van der Waals surface area contributed by atoms with Gasteiger partial charge in [0.05, 0.1) is 13.7 Å². The molecule has 1 rings (SSSR count). The second-order valence-corrected chi connectivity index (χ2v) is 4.15. The van der Waals surface area contributed by atoms with Crippen molar-refractivity contribution in [1.82, 2.24) is 0 Å². The van der Waals surface area contributed by atoms with Gasteiger partial charge in [-0.05, 0) is 30.2 Å². The highest BCUT2D eigenvalue weighted by atomic mass is 16.5. The molecular weight excluding hydrogens is 244 g/mol. The van der Waals surface area contributed by atoms with Crippen LogP contribution in [-0.2, 0) is 16.1 Å². The highest BCUT2D eigenvalue weighted by Crippen LogP contribution is 2.21. The molecule has 0 radical (unpaired) electrons. The molecule has 1 aromatic rings. The largest absolute Gasteiger partial charge is 0.496 e. The van der Waals surface area contributed by atoms with Crippen molar-refractivity contribution in [3.05, 3.63) is 35.4 Å². The summed E-state index contributed by atoms with van der Waals surface area (Å²) in [7, 11) is 1.61. The Labute approximate surface area is 113 Å². The zero-order valence-electron chi connectivity index (χ0n) is 11.4. The summed E-state index contributed by atoms with van der Waals surface area (Å²) in [6, 6.07) is 5.51. The molecule has 0 aliphatic rings. The van der Waals surface area contributed by atoms with Crippen LogP contribution in [0, 0.1) is 0 Å². The maximum atomic E-state index is 10.5. The standard InChI is InChI=1S/C15H20O4/c1-3-4-9-19-11-13-10-12(6-8-15(16)17)5-7-14(13)18-2/h5-8,10H,3-4,9,11H2,1-2H3,(H,16,17). The topological polar surface area (TPSA) is 55.8 Å². The third kappa shape index (κ3) is 5.57. The van der Waals surface area contributed by atoms with Crippen LogP contribution in [0.2, 0.25) is 0 Å². The first-order chi connectivity index (χ1) is 9.17. The van der Waals surface area contributed by atoms with Gasteiger partial charge >= 0.3 is 5.97 Å². The van der Waals surface area contributed by atoms with Crippen LogP contribution in [0.3, 0.4) is 0 Å². The second kappa shape index (κ2) is 8.32. The van der Waals surface area contributed by atoms with E-state index in [0.29, 0.717) is 6.61 Å². The van der Waals surface area contributed by atoms with Gasteiger partial charge in [-0.25, -0.2) is 4.79 Å². The fourth-order valence-corrected chi connectivity index (χ4v) is 1.61. The number of rotatable bonds is 8. The number of aliphatic carboxylic acids is 1. The Morgan fingerprint density at radius 2 is 2.21 bits per heavy atom. The van der Waals surface area contributed by atoms with Crippen molar-refractivity contribution in [2.75, 3.05) is 13.7 Å². The summed E-state index contributed by atoms with van der Waals surface area (Å²) in [6.45, 7) is 3.30. The van der Waals surface area contributed by atoms with Crippen LogP contribution in [0.1, 0.15) is 30.9 Å². The lowest BCUT2D eigenvalue weighted by Gasteiger charge is -2.10. The number of carboxylic acids is 1. The molecule has 104 valence electrons. The van der Waals surface area contributed by atoms with Crippen LogP contribution >= 0.6 is 0 Å². The lowest BCUT2D eigenvalue weighted by atomic mass is 10.1. The molecule has 0 aliphatic heterocycles. The van der Waals surface area contributed by atoms with Crippen LogP contribution in [0.25, 0.3) is 6.08 Å². The predicted octanol–water partition coefficient (Wildman–Crippen LogP) is 3.11. The maximum Gasteiger partial charge on any atom is 0.328 e. The highest BCUT2D eigenvalue weighted by molar-refractivity contribution is 5.85. The molecule has 4 heteroatoms. The van der Waals surface area contributed by atoms with Gasteiger partial charge in [-0.3, -0.25) is 0 Å². The zero-order valence-corrected chi connectivity index (χ0v) is 11.4. The minimum Gasteiger partial charge on any atom is -0.496 e. The average Bonchev–Trinajstić information content (AvgIpc) is 2.41. The van der Waals surface area contributed by atoms with E-state index < -0.39 is 5.97 Å². The number of hydrogen-bond donors (Lipinski definition) is 1. The number of benzene rings is 1. The Balaban J connectivity index is 2.75. The molecule has 0 saturated heterocycles. The van der Waals surface area contributed by atoms with Gasteiger partial charge in [0.15, 0.2) is 0 Å². The van der Waals surface area contributed by atoms with Crippen LogP contribution < -0.4 is 4.74 Å². The first-order valence-electron chi connectivity index (χ1n) is 6.33. The van der Waals surface area contributed by atoms with Gasteiger partial charge in [0, 0.05) is 18.2 Å². The Kier molecular flexibility index (Phi) is 6.68. The molecule has 0 heterocycles. The molecule has 0 bridgehead atoms. The number of methoxy groups -OCH3 is 1. The fraction of sp³-hybridized carbons (Fsp3) is 0.400. The van der Waals surface area contributed by atoms with E-state index in [-0.39, 0.29) is 0 Å². The van der Waals surface area contributed by atoms with Gasteiger partial charge < -0.3 is 14.6 Å². The first kappa shape index (κ1) is 15.2. The van der Waals surface area contributed by atoms with Crippen molar-refractivity contribution in [3.63, 3.8) is 0 Å². The van der Waals surface area contributed by atoms with Crippen molar-refractivity contribution in [1.29, 1.82) is 0 Å². The van der Waals surface area contributed by atoms with Crippen LogP contribution in [0.5, 0.6) is 5.75 Å². The Bertz CT molecular complexity index is 438. The van der Waals surface area contributed by atoms with E-state index in [2.05, 4.69) is 6.92 Å². The van der Waals surface area contributed by atoms with Crippen molar-refractivity contribution in [3.8, 4) is 5.75 Å². The number of carboxylic acid groups (broad SMARTS) is 1. The Hall–Kier alpha value is -1.81. The van der Waals surface area contributed by atoms with Gasteiger partial charge in [-0.1, -0.05) is 19.4 Å². The molecule has 0 amide bonds. The van der Waals surface area contributed by atoms with Gasteiger partial charge in [0.2, 0.25) is 0 Å². The summed E-state index contributed by atoms with van der Waals surface area (Å²) in [4.78, 5) is 10.5. The smallest absolute Gasteiger partial charge is 0.328 e. The molecule has 0 spiro atoms. The predicted molar refractivity (Wildman–Crippen MR) is 74.2 cm³/mol. The molecule has 0 aromatic heterocycles. The van der Waals surface area contributed by atoms with E-state index >= 15 is 0 Å². The van der Waals surface area contributed by atoms with Crippen LogP contribution in [0.15, 0.2) is 24.3 Å². The normalized spacial score (nSPS) is 10.8. The van der Waals surface area contributed by atoms with E-state index in [1.54, 1.807) is 13.2 Å². The quantitative estimate of drug-likeness (QED) is 0.579. The lowest BCUT2D eigenvalue weighted by Crippen LogP contribution is -1.98. The number of unbranched alkanes of at least 4 members (excludes halogenated alkanes) is 1. The third-order valence-corrected chi connectivity index (χ3v) is 2.62. The van der Waals surface area contributed by atoms with E-state index in [1.165, 1.54) is 0 Å². The zero-order chi connectivity index (χ0) is 14.1. The van der Waals surface area contributed by atoms with Crippen molar-refractivity contribution in [2.24, 2.45) is 0 Å². The summed E-state index contributed by atoms with van der Waals surface area (Å²) < 4.78 is 10.8. The first-order valence-corrected chi connectivity index (χ1v) is 6.33. The van der Waals surface area contributed by atoms with E-state index in [0.717, 1.165) is 42.4 Å². The van der Waals surface area contributed by atoms with Gasteiger partial charge in [-0.2, -0.15) is 0 Å². The minimum absolute atomic E-state index is 0.470. The summed E-state index contributed by atoms with van der Waals surface area (Å²) in [6.07, 6.45) is 4.79. The number of hydrogen-bond acceptors (Lipinski definition) is 3. The molecule has 0 atom stereocenters. The monoisotopic (exact) mass is 264 g/mol. The van der Waals surface area contributed by atoms with Crippen LogP contribution in [-0.4, -0.2) is 24.8 Å². The Morgan fingerprint density at radius 1 is 1.42 bits per heavy atom. The Morgan fingerprint density at radius 3 is 2.84 bits per heavy atom. The molecule has 0 aliphatic carbocycles. The summed E-state index contributed by atoms with van der Waals surface area (Å²) in [5.41, 5.74) is 1.74. The molecule has 0 fully saturated rings. The maximum absolute atomic E-state index is 10.5. The van der Waals surface area contributed by atoms with Gasteiger partial charge in [-0.15, -0.1) is 0 Å². The van der Waals surface area contributed by atoms with E-state index in [1.807, 2.05) is 18.2 Å². The molecule has 1 N–H and O–H groups in total. The van der Waals surface area contributed by atoms with Crippen molar-refractivity contribution in [2.45, 2.75) is 26.4 Å². The molecule has 0 unspecified atom stereocenters. The second-order valence-electron chi connectivity index (χ2n) is 4.15. The van der Waals surface area contributed by atoms with Gasteiger partial charge in [0.1, 0.15) is 5.75 Å². The van der Waals surface area contributed by atoms with Crippen molar-refractivity contribution < 1.29 is 19.4 Å². The minimum atomic E-state index is -0.962. The summed E-state index contributed by atoms with van der Waals surface area (Å²) >= 11 is 0. The van der Waals surface area contributed by atoms with E-state index in [9.17, 15) is 4.79 Å². The number of ether oxygens (including phenoxy) is 2. The summed E-state index contributed by atoms with van der Waals surface area (Å²) in [5.74, 6) is -0.208. The molecule has 4 nitrogen and oxygen atoms in total. The lowest BCUT2D eigenvalue weighted by molar-refractivity contribution is -0.131. The molecular formula is C15H20O4. The number of carbonyl (C=O) groups is 1. The van der Waals surface area contributed by atoms with Crippen LogP contribution in [0.4, 0.5) is 0 Å². The van der Waals surface area contributed by atoms with Gasteiger partial charge in [0.25, 0.3) is 0 Å². The summed E-state index contributed by atoms with van der Waals surface area (Å²) in [5, 5.41) is 8.61. The third-order valence-electron chi connectivity index (χ3n) is 2.62. The highest BCUT2D eigenvalue weighted by Gasteiger charge is 2.04. The van der Waals surface area contributed by atoms with E-state index in [4.69, 9.17) is 14.6 Å². The fourth-order valence-electron chi connectivity index (χ4n) is 1.61. The van der Waals surface area contributed by atoms with Crippen molar-refractivity contribution >= 4 is 12.0 Å².